The SMILES string of the molecule is CS(=O)(=O)c1ccc2c(c1)CCNC2(C(N)=O)c1ccc(C(O)(C(F)(F)F)C(F)(F)F)cc1. The first-order valence-electron chi connectivity index (χ1n) is 9.31. The molecule has 0 fully saturated rings. The summed E-state index contributed by atoms with van der Waals surface area (Å²) in [4.78, 5) is 12.5. The topological polar surface area (TPSA) is 109 Å². The van der Waals surface area contributed by atoms with Crippen LogP contribution in [0.1, 0.15) is 22.3 Å². The lowest BCUT2D eigenvalue weighted by molar-refractivity contribution is -0.376. The van der Waals surface area contributed by atoms with Crippen molar-refractivity contribution >= 4 is 15.7 Å². The Morgan fingerprint density at radius 1 is 1.03 bits per heavy atom. The molecule has 1 heterocycles. The largest absolute Gasteiger partial charge is 0.430 e. The van der Waals surface area contributed by atoms with Gasteiger partial charge in [-0.15, -0.1) is 0 Å². The zero-order valence-corrected chi connectivity index (χ0v) is 17.7. The van der Waals surface area contributed by atoms with E-state index >= 15 is 0 Å². The maximum Gasteiger partial charge on any atom is 0.430 e. The van der Waals surface area contributed by atoms with Gasteiger partial charge < -0.3 is 10.8 Å². The molecule has 0 spiro atoms. The van der Waals surface area contributed by atoms with Crippen molar-refractivity contribution in [2.75, 3.05) is 12.8 Å². The van der Waals surface area contributed by atoms with Crippen LogP contribution < -0.4 is 11.1 Å². The number of amides is 1. The summed E-state index contributed by atoms with van der Waals surface area (Å²) in [6, 6.07) is 6.37. The Bertz CT molecular complexity index is 1180. The smallest absolute Gasteiger partial charge is 0.369 e. The second kappa shape index (κ2) is 7.71. The van der Waals surface area contributed by atoms with Crippen LogP contribution >= 0.6 is 0 Å². The second-order valence-electron chi connectivity index (χ2n) is 7.67. The molecule has 4 N–H and O–H groups in total. The van der Waals surface area contributed by atoms with Crippen LogP contribution in [0, 0.1) is 0 Å². The number of alkyl halides is 6. The Labute approximate surface area is 184 Å². The van der Waals surface area contributed by atoms with Crippen LogP contribution in [0.4, 0.5) is 26.3 Å². The van der Waals surface area contributed by atoms with E-state index in [4.69, 9.17) is 5.73 Å². The number of rotatable bonds is 4. The fraction of sp³-hybridized carbons (Fsp3) is 0.350. The summed E-state index contributed by atoms with van der Waals surface area (Å²) in [7, 11) is -3.59. The first-order valence-corrected chi connectivity index (χ1v) is 11.2. The summed E-state index contributed by atoms with van der Waals surface area (Å²) in [5.41, 5.74) is -2.32. The maximum absolute atomic E-state index is 13.2. The molecule has 1 amide bonds. The van der Waals surface area contributed by atoms with Crippen molar-refractivity contribution in [2.45, 2.75) is 34.8 Å². The van der Waals surface area contributed by atoms with Crippen LogP contribution in [0.15, 0.2) is 47.4 Å². The number of aliphatic hydroxyl groups is 1. The Morgan fingerprint density at radius 2 is 1.58 bits per heavy atom. The zero-order valence-electron chi connectivity index (χ0n) is 16.9. The Hall–Kier alpha value is -2.64. The first kappa shape index (κ1) is 25.0. The van der Waals surface area contributed by atoms with Gasteiger partial charge in [0.2, 0.25) is 5.91 Å². The van der Waals surface area contributed by atoms with Gasteiger partial charge in [0.15, 0.2) is 9.84 Å². The number of halogens is 6. The third-order valence-electron chi connectivity index (χ3n) is 5.62. The van der Waals surface area contributed by atoms with Gasteiger partial charge in [0, 0.05) is 18.4 Å². The molecule has 2 aromatic carbocycles. The highest BCUT2D eigenvalue weighted by Crippen LogP contribution is 2.50. The number of nitrogens with one attached hydrogen (secondary N) is 1. The molecular formula is C20H18F6N2O4S. The van der Waals surface area contributed by atoms with E-state index in [9.17, 15) is 44.7 Å². The molecule has 1 unspecified atom stereocenters. The molecule has 6 nitrogen and oxygen atoms in total. The summed E-state index contributed by atoms with van der Waals surface area (Å²) in [6.07, 6.45) is -10.9. The number of carbonyl (C=O) groups is 1. The first-order chi connectivity index (χ1) is 15.0. The monoisotopic (exact) mass is 496 g/mol. The number of nitrogens with two attached hydrogens (primary N) is 1. The summed E-state index contributed by atoms with van der Waals surface area (Å²) in [5, 5.41) is 12.4. The Morgan fingerprint density at radius 3 is 2.03 bits per heavy atom. The summed E-state index contributed by atoms with van der Waals surface area (Å²) in [6.45, 7) is 0.111. The van der Waals surface area contributed by atoms with E-state index in [1.807, 2.05) is 0 Å². The number of primary amides is 1. The van der Waals surface area contributed by atoms with E-state index in [2.05, 4.69) is 5.32 Å². The number of hydrogen-bond donors (Lipinski definition) is 3. The highest BCUT2D eigenvalue weighted by molar-refractivity contribution is 7.90. The molecule has 0 bridgehead atoms. The van der Waals surface area contributed by atoms with Gasteiger partial charge in [-0.2, -0.15) is 26.3 Å². The predicted octanol–water partition coefficient (Wildman–Crippen LogP) is 2.28. The van der Waals surface area contributed by atoms with Crippen LogP contribution in [0.25, 0.3) is 0 Å². The Kier molecular flexibility index (Phi) is 5.84. The highest BCUT2D eigenvalue weighted by Gasteiger charge is 2.71. The number of benzene rings is 2. The van der Waals surface area contributed by atoms with E-state index in [1.54, 1.807) is 0 Å². The van der Waals surface area contributed by atoms with Crippen molar-refractivity contribution < 1.29 is 44.7 Å². The molecular weight excluding hydrogens is 478 g/mol. The van der Waals surface area contributed by atoms with Crippen LogP contribution in [0.2, 0.25) is 0 Å². The van der Waals surface area contributed by atoms with E-state index in [1.165, 1.54) is 18.2 Å². The quantitative estimate of drug-likeness (QED) is 0.563. The lowest BCUT2D eigenvalue weighted by atomic mass is 9.76. The molecule has 1 aliphatic rings. The normalized spacial score (nSPS) is 19.8. The highest BCUT2D eigenvalue weighted by atomic mass is 32.2. The minimum absolute atomic E-state index is 0.0303. The van der Waals surface area contributed by atoms with Crippen molar-refractivity contribution in [1.29, 1.82) is 0 Å². The predicted molar refractivity (Wildman–Crippen MR) is 104 cm³/mol. The number of carbonyl (C=O) groups excluding carboxylic acids is 1. The van der Waals surface area contributed by atoms with Gasteiger partial charge in [-0.05, 0) is 35.2 Å². The van der Waals surface area contributed by atoms with E-state index < -0.39 is 44.8 Å². The fourth-order valence-electron chi connectivity index (χ4n) is 3.92. The molecule has 1 aliphatic heterocycles. The van der Waals surface area contributed by atoms with E-state index in [0.717, 1.165) is 18.4 Å². The van der Waals surface area contributed by atoms with Crippen molar-refractivity contribution in [1.82, 2.24) is 5.32 Å². The lowest BCUT2D eigenvalue weighted by Crippen LogP contribution is -2.57. The molecule has 180 valence electrons. The third-order valence-corrected chi connectivity index (χ3v) is 6.73. The van der Waals surface area contributed by atoms with Crippen LogP contribution in [-0.2, 0) is 32.2 Å². The standard InChI is InChI=1S/C20H18F6N2O4S/c1-33(31,32)14-6-7-15-11(10-14)8-9-28-17(15,16(27)29)12-2-4-13(5-3-12)18(30,19(21,22)23)20(24,25)26/h2-7,10,28,30H,8-9H2,1H3,(H2,27,29). The van der Waals surface area contributed by atoms with Gasteiger partial charge in [-0.1, -0.05) is 30.3 Å². The zero-order chi connectivity index (χ0) is 25.0. The average molecular weight is 496 g/mol. The Balaban J connectivity index is 2.19. The minimum Gasteiger partial charge on any atom is -0.369 e. The van der Waals surface area contributed by atoms with Gasteiger partial charge in [-0.3, -0.25) is 10.1 Å². The summed E-state index contributed by atoms with van der Waals surface area (Å²) in [5.74, 6) is -1.01. The second-order valence-corrected chi connectivity index (χ2v) is 9.68. The molecule has 0 aliphatic carbocycles. The van der Waals surface area contributed by atoms with Crippen LogP contribution in [0.5, 0.6) is 0 Å². The van der Waals surface area contributed by atoms with Gasteiger partial charge in [0.05, 0.1) is 4.90 Å². The van der Waals surface area contributed by atoms with Crippen molar-refractivity contribution in [3.05, 3.63) is 64.7 Å². The van der Waals surface area contributed by atoms with Gasteiger partial charge in [0.1, 0.15) is 5.54 Å². The van der Waals surface area contributed by atoms with Gasteiger partial charge in [0.25, 0.3) is 5.60 Å². The average Bonchev–Trinajstić information content (AvgIpc) is 2.69. The molecule has 1 atom stereocenters. The van der Waals surface area contributed by atoms with Gasteiger partial charge in [-0.25, -0.2) is 8.42 Å². The molecule has 0 saturated heterocycles. The van der Waals surface area contributed by atoms with Crippen molar-refractivity contribution in [3.63, 3.8) is 0 Å². The maximum atomic E-state index is 13.2. The number of sulfone groups is 1. The van der Waals surface area contributed by atoms with E-state index in [-0.39, 0.29) is 29.0 Å². The minimum atomic E-state index is -6.06. The fourth-order valence-corrected chi connectivity index (χ4v) is 4.59. The van der Waals surface area contributed by atoms with E-state index in [0.29, 0.717) is 17.7 Å². The van der Waals surface area contributed by atoms with Crippen molar-refractivity contribution in [2.24, 2.45) is 5.73 Å². The van der Waals surface area contributed by atoms with Gasteiger partial charge >= 0.3 is 12.4 Å². The summed E-state index contributed by atoms with van der Waals surface area (Å²) >= 11 is 0. The number of fused-ring (bicyclic) bond motifs is 1. The van der Waals surface area contributed by atoms with Crippen LogP contribution in [0.3, 0.4) is 0 Å². The molecule has 3 rings (SSSR count). The van der Waals surface area contributed by atoms with Crippen LogP contribution in [-0.4, -0.2) is 44.6 Å². The molecule has 0 aromatic heterocycles. The molecule has 0 saturated carbocycles. The molecule has 13 heteroatoms. The summed E-state index contributed by atoms with van der Waals surface area (Å²) < 4.78 is 103. The van der Waals surface area contributed by atoms with Crippen molar-refractivity contribution in [3.8, 4) is 0 Å². The number of hydrogen-bond acceptors (Lipinski definition) is 5. The molecule has 0 radical (unpaired) electrons. The molecule has 2 aromatic rings. The third kappa shape index (κ3) is 3.87. The lowest BCUT2D eigenvalue weighted by Gasteiger charge is -2.39. The molecule has 33 heavy (non-hydrogen) atoms.